The summed E-state index contributed by atoms with van der Waals surface area (Å²) in [5, 5.41) is 17.2. The summed E-state index contributed by atoms with van der Waals surface area (Å²) in [5.74, 6) is 3.11. The molecule has 2 aromatic heterocycles. The van der Waals surface area contributed by atoms with Crippen LogP contribution in [0.5, 0.6) is 0 Å². The molecule has 1 aliphatic heterocycles. The zero-order chi connectivity index (χ0) is 30.6. The fourth-order valence-electron chi connectivity index (χ4n) is 6.83. The molecule has 0 radical (unpaired) electrons. The molecular weight excluding hydrogens is 568 g/mol. The normalized spacial score (nSPS) is 23.5. The molecule has 3 aromatic rings. The second kappa shape index (κ2) is 13.2. The standard InChI is InChI=1S/C33H40N10O2/c34-31(37-27-18-45-19-27)23-8-7-22-14-26(15-24(22)13-23)39-33(44)38-25-9-5-20(6-10-25)17-36-32-35-12-11-29(41-32)40-30-16-28(42-43-30)21-3-1-2-4-21/h7-8,11-13,16,20-21,25-27H,1-6,9-10,14-15,18-19H2,(H5-,34,35,37,38,39,40,41,42,43,44)/p+1. The first-order chi connectivity index (χ1) is 22.0. The summed E-state index contributed by atoms with van der Waals surface area (Å²) in [4.78, 5) is 30.6. The van der Waals surface area contributed by atoms with Gasteiger partial charge in [0.1, 0.15) is 18.1 Å². The summed E-state index contributed by atoms with van der Waals surface area (Å²) < 4.78 is 5.19. The first-order valence-corrected chi connectivity index (χ1v) is 16.3. The van der Waals surface area contributed by atoms with Gasteiger partial charge in [0.05, 0.1) is 25.2 Å². The highest BCUT2D eigenvalue weighted by atomic mass is 16.5. The van der Waals surface area contributed by atoms with Crippen LogP contribution in [0.3, 0.4) is 0 Å². The maximum Gasteiger partial charge on any atom is 0.532 e. The lowest BCUT2D eigenvalue weighted by Crippen LogP contribution is -2.47. The molecule has 4 aliphatic rings. The van der Waals surface area contributed by atoms with E-state index < -0.39 is 0 Å². The van der Waals surface area contributed by atoms with Gasteiger partial charge in [-0.1, -0.05) is 30.0 Å². The van der Waals surface area contributed by atoms with Gasteiger partial charge in [0.15, 0.2) is 5.82 Å². The van der Waals surface area contributed by atoms with Crippen molar-refractivity contribution in [3.05, 3.63) is 63.8 Å². The van der Waals surface area contributed by atoms with Crippen LogP contribution in [0.1, 0.15) is 79.7 Å². The van der Waals surface area contributed by atoms with Crippen molar-refractivity contribution in [2.75, 3.05) is 18.5 Å². The van der Waals surface area contributed by atoms with Crippen LogP contribution >= 0.6 is 0 Å². The van der Waals surface area contributed by atoms with Crippen molar-refractivity contribution >= 4 is 29.5 Å². The molecule has 3 aliphatic carbocycles. The minimum absolute atomic E-state index is 0.0675. The number of ether oxygens (including phenoxy) is 1. The SMILES string of the molecule is NC(=NC1COC1)c1ccc2c(c1)CC(NC(=O)NC1CCC(C#[N+]c3nccc(Nc4cc(C5CCCC5)[nH]n4)n3)CC1)C2. The van der Waals surface area contributed by atoms with E-state index >= 15 is 0 Å². The molecule has 1 aromatic carbocycles. The number of nitrogens with two attached hydrogens (primary N) is 1. The van der Waals surface area contributed by atoms with Gasteiger partial charge in [0, 0.05) is 41.4 Å². The van der Waals surface area contributed by atoms with Crippen molar-refractivity contribution in [1.29, 1.82) is 0 Å². The first kappa shape index (κ1) is 29.2. The van der Waals surface area contributed by atoms with Gasteiger partial charge >= 0.3 is 12.0 Å². The van der Waals surface area contributed by atoms with Crippen molar-refractivity contribution in [2.24, 2.45) is 16.6 Å². The van der Waals surface area contributed by atoms with Gasteiger partial charge in [-0.25, -0.2) is 4.79 Å². The van der Waals surface area contributed by atoms with Crippen LogP contribution in [0, 0.1) is 12.0 Å². The lowest BCUT2D eigenvalue weighted by Gasteiger charge is -2.26. The van der Waals surface area contributed by atoms with E-state index in [0.29, 0.717) is 36.7 Å². The Hall–Kier alpha value is -4.50. The van der Waals surface area contributed by atoms with E-state index in [1.54, 1.807) is 6.20 Å². The fourth-order valence-corrected chi connectivity index (χ4v) is 6.83. The zero-order valence-electron chi connectivity index (χ0n) is 25.5. The molecule has 6 N–H and O–H groups in total. The Balaban J connectivity index is 0.851. The van der Waals surface area contributed by atoms with E-state index in [4.69, 9.17) is 10.5 Å². The number of anilines is 2. The van der Waals surface area contributed by atoms with Gasteiger partial charge in [0.25, 0.3) is 0 Å². The number of benzene rings is 1. The van der Waals surface area contributed by atoms with E-state index in [0.717, 1.165) is 49.9 Å². The molecule has 2 saturated carbocycles. The lowest BCUT2D eigenvalue weighted by atomic mass is 9.87. The average Bonchev–Trinajstić information content (AvgIpc) is 3.79. The molecule has 12 heteroatoms. The van der Waals surface area contributed by atoms with Gasteiger partial charge in [0.2, 0.25) is 5.82 Å². The number of amides is 2. The predicted molar refractivity (Wildman–Crippen MR) is 172 cm³/mol. The molecule has 12 nitrogen and oxygen atoms in total. The molecule has 0 spiro atoms. The third-order valence-electron chi connectivity index (χ3n) is 9.41. The van der Waals surface area contributed by atoms with Crippen LogP contribution in [-0.4, -0.2) is 63.4 Å². The Morgan fingerprint density at radius 1 is 0.978 bits per heavy atom. The summed E-state index contributed by atoms with van der Waals surface area (Å²) in [5.41, 5.74) is 10.8. The van der Waals surface area contributed by atoms with E-state index in [-0.39, 0.29) is 30.1 Å². The van der Waals surface area contributed by atoms with Crippen molar-refractivity contribution in [2.45, 2.75) is 88.3 Å². The number of carbonyl (C=O) groups excluding carboxylic acids is 1. The smallest absolute Gasteiger partial charge is 0.383 e. The number of nitrogens with one attached hydrogen (secondary N) is 4. The third-order valence-corrected chi connectivity index (χ3v) is 9.41. The quantitative estimate of drug-likeness (QED) is 0.192. The molecule has 0 bridgehead atoms. The number of amidine groups is 1. The lowest BCUT2D eigenvalue weighted by molar-refractivity contribution is 0.0133. The van der Waals surface area contributed by atoms with Crippen molar-refractivity contribution in [3.63, 3.8) is 0 Å². The van der Waals surface area contributed by atoms with Crippen LogP contribution < -0.4 is 21.7 Å². The number of fused-ring (bicyclic) bond motifs is 1. The number of rotatable bonds is 7. The topological polar surface area (TPSA) is 160 Å². The summed E-state index contributed by atoms with van der Waals surface area (Å²) in [6, 6.07) is 13.6. The van der Waals surface area contributed by atoms with Crippen LogP contribution in [0.4, 0.5) is 22.4 Å². The maximum atomic E-state index is 12.8. The minimum Gasteiger partial charge on any atom is -0.383 e. The van der Waals surface area contributed by atoms with Crippen molar-refractivity contribution in [1.82, 2.24) is 30.8 Å². The fraction of sp³-hybridized carbons (Fsp3) is 0.515. The number of aliphatic imine (C=N–C) groups is 1. The predicted octanol–water partition coefficient (Wildman–Crippen LogP) is 4.69. The molecule has 3 fully saturated rings. The number of aromatic nitrogens is 4. The molecule has 45 heavy (non-hydrogen) atoms. The van der Waals surface area contributed by atoms with Gasteiger partial charge in [-0.15, -0.1) is 0 Å². The highest BCUT2D eigenvalue weighted by molar-refractivity contribution is 5.98. The monoisotopic (exact) mass is 609 g/mol. The summed E-state index contributed by atoms with van der Waals surface area (Å²) in [6.45, 7) is 1.27. The summed E-state index contributed by atoms with van der Waals surface area (Å²) in [6.07, 6.45) is 11.9. The van der Waals surface area contributed by atoms with E-state index in [9.17, 15) is 4.79 Å². The second-order valence-corrected chi connectivity index (χ2v) is 12.8. The number of nitrogens with zero attached hydrogens (tertiary/aromatic N) is 5. The molecular formula is C33H41N10O2+. The Kier molecular flexibility index (Phi) is 8.60. The maximum absolute atomic E-state index is 12.8. The van der Waals surface area contributed by atoms with Gasteiger partial charge < -0.3 is 26.4 Å². The number of urea groups is 1. The number of hydrogen-bond donors (Lipinski definition) is 5. The Morgan fingerprint density at radius 3 is 2.58 bits per heavy atom. The molecule has 1 saturated heterocycles. The number of hydrogen-bond acceptors (Lipinski definition) is 7. The molecule has 234 valence electrons. The Morgan fingerprint density at radius 2 is 1.78 bits per heavy atom. The summed E-state index contributed by atoms with van der Waals surface area (Å²) >= 11 is 0. The minimum atomic E-state index is -0.106. The number of H-pyrrole nitrogens is 1. The van der Waals surface area contributed by atoms with E-state index in [2.05, 4.69) is 70.2 Å². The zero-order valence-corrected chi connectivity index (χ0v) is 25.5. The molecule has 7 rings (SSSR count). The molecule has 2 amide bonds. The molecule has 1 atom stereocenters. The van der Waals surface area contributed by atoms with Crippen LogP contribution in [0.15, 0.2) is 41.5 Å². The molecule has 3 heterocycles. The average molecular weight is 610 g/mol. The number of carbonyl (C=O) groups is 1. The van der Waals surface area contributed by atoms with E-state index in [1.165, 1.54) is 42.5 Å². The highest BCUT2D eigenvalue weighted by Gasteiger charge is 2.27. The van der Waals surface area contributed by atoms with Gasteiger partial charge in [-0.3, -0.25) is 10.1 Å². The largest absolute Gasteiger partial charge is 0.532 e. The molecule has 1 unspecified atom stereocenters. The Labute approximate surface area is 262 Å². The second-order valence-electron chi connectivity index (χ2n) is 12.8. The van der Waals surface area contributed by atoms with Crippen LogP contribution in [-0.2, 0) is 17.6 Å². The van der Waals surface area contributed by atoms with Gasteiger partial charge in [-0.05, 0) is 73.5 Å². The highest BCUT2D eigenvalue weighted by Crippen LogP contribution is 2.34. The summed E-state index contributed by atoms with van der Waals surface area (Å²) in [7, 11) is 0. The van der Waals surface area contributed by atoms with Gasteiger partial charge in [-0.2, -0.15) is 9.94 Å². The van der Waals surface area contributed by atoms with Crippen molar-refractivity contribution < 1.29 is 9.53 Å². The van der Waals surface area contributed by atoms with Crippen LogP contribution in [0.25, 0.3) is 4.85 Å². The van der Waals surface area contributed by atoms with E-state index in [1.807, 2.05) is 12.1 Å². The van der Waals surface area contributed by atoms with Crippen molar-refractivity contribution in [3.8, 4) is 6.07 Å². The number of aromatic amines is 1. The Bertz CT molecular complexity index is 1610. The first-order valence-electron chi connectivity index (χ1n) is 16.3. The third kappa shape index (κ3) is 7.26. The van der Waals surface area contributed by atoms with Crippen LogP contribution in [0.2, 0.25) is 0 Å².